The second-order valence-electron chi connectivity index (χ2n) is 6.15. The maximum atomic E-state index is 12.6. The number of benzene rings is 2. The highest BCUT2D eigenvalue weighted by atomic mass is 35.5. The number of sulfonamides is 1. The summed E-state index contributed by atoms with van der Waals surface area (Å²) in [5, 5.41) is 14.7. The van der Waals surface area contributed by atoms with Gasteiger partial charge in [-0.05, 0) is 36.8 Å². The lowest BCUT2D eigenvalue weighted by molar-refractivity contribution is -0.384. The Morgan fingerprint density at radius 2 is 2.03 bits per heavy atom. The highest BCUT2D eigenvalue weighted by Gasteiger charge is 2.23. The van der Waals surface area contributed by atoms with Gasteiger partial charge in [0.2, 0.25) is 10.0 Å². The largest absolute Gasteiger partial charge is 0.496 e. The van der Waals surface area contributed by atoms with Crippen LogP contribution in [0.1, 0.15) is 11.1 Å². The third-order valence-corrected chi connectivity index (χ3v) is 6.17. The van der Waals surface area contributed by atoms with Gasteiger partial charge in [0, 0.05) is 29.8 Å². The smallest absolute Gasteiger partial charge is 0.270 e. The fourth-order valence-electron chi connectivity index (χ4n) is 2.43. The number of hydrogen-bond donors (Lipinski definition) is 1. The van der Waals surface area contributed by atoms with Gasteiger partial charge < -0.3 is 4.74 Å². The van der Waals surface area contributed by atoms with Crippen LogP contribution in [0.4, 0.5) is 5.69 Å². The van der Waals surface area contributed by atoms with Crippen LogP contribution in [0.3, 0.4) is 0 Å². The van der Waals surface area contributed by atoms with Gasteiger partial charge in [0.25, 0.3) is 11.6 Å². The van der Waals surface area contributed by atoms with Gasteiger partial charge in [-0.1, -0.05) is 11.6 Å². The van der Waals surface area contributed by atoms with Crippen molar-refractivity contribution < 1.29 is 22.9 Å². The number of ether oxygens (including phenoxy) is 1. The molecule has 0 atom stereocenters. The second-order valence-corrected chi connectivity index (χ2v) is 8.60. The number of halogens is 1. The summed E-state index contributed by atoms with van der Waals surface area (Å²) in [5.74, 6) is -0.160. The molecule has 10 nitrogen and oxygen atoms in total. The third kappa shape index (κ3) is 5.53. The second kappa shape index (κ2) is 9.65. The van der Waals surface area contributed by atoms with Crippen LogP contribution in [-0.2, 0) is 14.8 Å². The van der Waals surface area contributed by atoms with E-state index < -0.39 is 27.4 Å². The summed E-state index contributed by atoms with van der Waals surface area (Å²) < 4.78 is 31.3. The number of carbonyl (C=O) groups excluding carboxylic acids is 1. The molecule has 0 heterocycles. The van der Waals surface area contributed by atoms with Crippen LogP contribution in [0.15, 0.2) is 46.4 Å². The average molecular weight is 455 g/mol. The van der Waals surface area contributed by atoms with Crippen molar-refractivity contribution in [1.29, 1.82) is 0 Å². The van der Waals surface area contributed by atoms with Crippen LogP contribution in [0, 0.1) is 17.0 Å². The van der Waals surface area contributed by atoms with Crippen molar-refractivity contribution in [3.8, 4) is 5.75 Å². The van der Waals surface area contributed by atoms with Crippen LogP contribution < -0.4 is 10.2 Å². The molecule has 1 N–H and O–H groups in total. The number of aryl methyl sites for hydroxylation is 1. The van der Waals surface area contributed by atoms with Crippen molar-refractivity contribution in [1.82, 2.24) is 9.73 Å². The summed E-state index contributed by atoms with van der Waals surface area (Å²) in [4.78, 5) is 22.3. The maximum absolute atomic E-state index is 12.6. The fraction of sp³-hybridized carbons (Fsp3) is 0.222. The first-order chi connectivity index (χ1) is 14.1. The number of nitro benzene ring substituents is 1. The first-order valence-corrected chi connectivity index (χ1v) is 10.2. The third-order valence-electron chi connectivity index (χ3n) is 4.02. The van der Waals surface area contributed by atoms with Gasteiger partial charge in [0.05, 0.1) is 29.7 Å². The van der Waals surface area contributed by atoms with Gasteiger partial charge in [0.1, 0.15) is 5.75 Å². The molecule has 12 heteroatoms. The Morgan fingerprint density at radius 1 is 1.33 bits per heavy atom. The topological polar surface area (TPSA) is 131 Å². The molecule has 0 bridgehead atoms. The zero-order valence-electron chi connectivity index (χ0n) is 16.3. The number of amides is 1. The van der Waals surface area contributed by atoms with E-state index >= 15 is 0 Å². The molecule has 1 amide bonds. The molecule has 0 aliphatic heterocycles. The Bertz CT molecular complexity index is 1100. The molecule has 0 unspecified atom stereocenters. The molecular weight excluding hydrogens is 436 g/mol. The number of non-ortho nitro benzene ring substituents is 1. The van der Waals surface area contributed by atoms with Crippen LogP contribution in [0.2, 0.25) is 5.02 Å². The average Bonchev–Trinajstić information content (AvgIpc) is 2.68. The van der Waals surface area contributed by atoms with Crippen LogP contribution in [0.5, 0.6) is 5.75 Å². The molecule has 0 saturated carbocycles. The minimum Gasteiger partial charge on any atom is -0.496 e. The molecule has 2 rings (SSSR count). The predicted molar refractivity (Wildman–Crippen MR) is 111 cm³/mol. The lowest BCUT2D eigenvalue weighted by Gasteiger charge is -2.17. The van der Waals surface area contributed by atoms with E-state index in [0.717, 1.165) is 10.5 Å². The summed E-state index contributed by atoms with van der Waals surface area (Å²) >= 11 is 5.94. The molecule has 0 aliphatic carbocycles. The fourth-order valence-corrected chi connectivity index (χ4v) is 3.81. The van der Waals surface area contributed by atoms with E-state index in [2.05, 4.69) is 10.5 Å². The van der Waals surface area contributed by atoms with E-state index in [-0.39, 0.29) is 21.2 Å². The molecule has 2 aromatic rings. The van der Waals surface area contributed by atoms with Crippen molar-refractivity contribution in [3.05, 3.63) is 62.7 Å². The number of hydrogen-bond acceptors (Lipinski definition) is 7. The van der Waals surface area contributed by atoms with E-state index in [9.17, 15) is 23.3 Å². The minimum atomic E-state index is -3.91. The summed E-state index contributed by atoms with van der Waals surface area (Å²) in [6, 6.07) is 8.13. The first-order valence-electron chi connectivity index (χ1n) is 8.43. The van der Waals surface area contributed by atoms with Crippen LogP contribution >= 0.6 is 11.6 Å². The maximum Gasteiger partial charge on any atom is 0.270 e. The predicted octanol–water partition coefficient (Wildman–Crippen LogP) is 2.34. The van der Waals surface area contributed by atoms with Gasteiger partial charge in [-0.25, -0.2) is 13.8 Å². The molecule has 160 valence electrons. The van der Waals surface area contributed by atoms with Gasteiger partial charge in [-0.3, -0.25) is 14.9 Å². The van der Waals surface area contributed by atoms with E-state index in [4.69, 9.17) is 16.3 Å². The minimum absolute atomic E-state index is 0.0166. The number of rotatable bonds is 8. The van der Waals surface area contributed by atoms with Crippen molar-refractivity contribution in [2.75, 3.05) is 20.7 Å². The molecule has 0 aliphatic rings. The molecule has 0 radical (unpaired) electrons. The number of hydrazone groups is 1. The van der Waals surface area contributed by atoms with E-state index in [1.165, 1.54) is 50.6 Å². The lowest BCUT2D eigenvalue weighted by Crippen LogP contribution is -2.36. The quantitative estimate of drug-likeness (QED) is 0.370. The Hall–Kier alpha value is -3.02. The van der Waals surface area contributed by atoms with Crippen molar-refractivity contribution in [2.45, 2.75) is 11.8 Å². The summed E-state index contributed by atoms with van der Waals surface area (Å²) in [6.07, 6.45) is 1.13. The number of methoxy groups -OCH3 is 1. The van der Waals surface area contributed by atoms with E-state index in [1.54, 1.807) is 6.92 Å². The molecule has 0 saturated heterocycles. The zero-order valence-corrected chi connectivity index (χ0v) is 17.9. The lowest BCUT2D eigenvalue weighted by atomic mass is 10.2. The van der Waals surface area contributed by atoms with Crippen molar-refractivity contribution in [2.24, 2.45) is 5.10 Å². The highest BCUT2D eigenvalue weighted by molar-refractivity contribution is 7.89. The molecule has 0 spiro atoms. The number of nitrogens with zero attached hydrogens (tertiary/aromatic N) is 3. The monoisotopic (exact) mass is 454 g/mol. The SMILES string of the molecule is COc1ccc(S(=O)(=O)N(C)CC(=O)N/N=C/c2cc([N+](=O)[O-])ccc2Cl)cc1C. The van der Waals surface area contributed by atoms with Crippen LogP contribution in [-0.4, -0.2) is 50.5 Å². The molecule has 0 aromatic heterocycles. The van der Waals surface area contributed by atoms with Gasteiger partial charge >= 0.3 is 0 Å². The Balaban J connectivity index is 2.05. The molecule has 30 heavy (non-hydrogen) atoms. The van der Waals surface area contributed by atoms with E-state index in [0.29, 0.717) is 11.3 Å². The summed E-state index contributed by atoms with van der Waals surface area (Å²) in [7, 11) is -1.17. The Kier molecular flexibility index (Phi) is 7.48. The summed E-state index contributed by atoms with van der Waals surface area (Å²) in [5.41, 5.74) is 2.84. The molecule has 2 aromatic carbocycles. The van der Waals surface area contributed by atoms with Gasteiger partial charge in [-0.2, -0.15) is 9.41 Å². The standard InChI is InChI=1S/C18H19ClN4O6S/c1-12-8-15(5-7-17(12)29-3)30(27,28)22(2)11-18(24)21-20-10-13-9-14(23(25)26)4-6-16(13)19/h4-10H,11H2,1-3H3,(H,21,24)/b20-10+. The number of carbonyl (C=O) groups is 1. The van der Waals surface area contributed by atoms with Gasteiger partial charge in [-0.15, -0.1) is 0 Å². The zero-order chi connectivity index (χ0) is 22.5. The van der Waals surface area contributed by atoms with Gasteiger partial charge in [0.15, 0.2) is 0 Å². The normalized spacial score (nSPS) is 11.6. The number of nitro groups is 1. The molecular formula is C18H19ClN4O6S. The Labute approximate surface area is 178 Å². The molecule has 0 fully saturated rings. The van der Waals surface area contributed by atoms with Crippen molar-refractivity contribution >= 4 is 39.4 Å². The Morgan fingerprint density at radius 3 is 2.63 bits per heavy atom. The number of nitrogens with one attached hydrogen (secondary N) is 1. The van der Waals surface area contributed by atoms with Crippen molar-refractivity contribution in [3.63, 3.8) is 0 Å². The van der Waals surface area contributed by atoms with E-state index in [1.807, 2.05) is 0 Å². The number of likely N-dealkylation sites (N-methyl/N-ethyl adjacent to an activating group) is 1. The first kappa shape index (κ1) is 23.3. The van der Waals surface area contributed by atoms with Crippen LogP contribution in [0.25, 0.3) is 0 Å². The summed E-state index contributed by atoms with van der Waals surface area (Å²) in [6.45, 7) is 1.21. The highest BCUT2D eigenvalue weighted by Crippen LogP contribution is 2.23.